The summed E-state index contributed by atoms with van der Waals surface area (Å²) in [7, 11) is 0. The van der Waals surface area contributed by atoms with Crippen molar-refractivity contribution in [2.45, 2.75) is 32.8 Å². The maximum atomic E-state index is 11.5. The van der Waals surface area contributed by atoms with Crippen LogP contribution in [0.4, 0.5) is 0 Å². The van der Waals surface area contributed by atoms with E-state index in [0.717, 1.165) is 0 Å². The van der Waals surface area contributed by atoms with E-state index in [2.05, 4.69) is 0 Å². The molecule has 0 aliphatic carbocycles. The summed E-state index contributed by atoms with van der Waals surface area (Å²) in [4.78, 5) is 11.5. The molecule has 0 aliphatic heterocycles. The summed E-state index contributed by atoms with van der Waals surface area (Å²) in [6.07, 6.45) is 0.243. The molecule has 0 amide bonds. The first-order chi connectivity index (χ1) is 13.5. The van der Waals surface area contributed by atoms with Gasteiger partial charge in [-0.2, -0.15) is 0 Å². The van der Waals surface area contributed by atoms with E-state index in [0.29, 0.717) is 85.2 Å². The standard InChI is InChI=1S/C19H37ClO8/c1-19(2,3)28-18(21)4-6-22-8-10-24-12-14-26-16-17-27-15-13-25-11-9-23-7-5-20/h4-17H2,1-3H3. The molecule has 0 aliphatic rings. The number of halogens is 1. The molecule has 0 saturated heterocycles. The van der Waals surface area contributed by atoms with Crippen LogP contribution in [-0.2, 0) is 38.0 Å². The van der Waals surface area contributed by atoms with Gasteiger partial charge in [0.25, 0.3) is 0 Å². The van der Waals surface area contributed by atoms with Crippen LogP contribution in [-0.4, -0.2) is 96.7 Å². The first-order valence-electron chi connectivity index (χ1n) is 9.70. The van der Waals surface area contributed by atoms with Gasteiger partial charge in [-0.3, -0.25) is 4.79 Å². The van der Waals surface area contributed by atoms with Gasteiger partial charge in [0, 0.05) is 5.88 Å². The summed E-state index contributed by atoms with van der Waals surface area (Å²) in [5.74, 6) is 0.240. The number of carbonyl (C=O) groups is 1. The number of alkyl halides is 1. The van der Waals surface area contributed by atoms with Gasteiger partial charge in [-0.1, -0.05) is 0 Å². The molecule has 0 aromatic rings. The number of hydrogen-bond donors (Lipinski definition) is 0. The van der Waals surface area contributed by atoms with Gasteiger partial charge in [0.15, 0.2) is 0 Å². The van der Waals surface area contributed by atoms with E-state index in [-0.39, 0.29) is 12.4 Å². The molecule has 0 bridgehead atoms. The molecule has 0 aromatic carbocycles. The lowest BCUT2D eigenvalue weighted by Crippen LogP contribution is -2.24. The van der Waals surface area contributed by atoms with Crippen LogP contribution in [0.3, 0.4) is 0 Å². The van der Waals surface area contributed by atoms with Gasteiger partial charge in [-0.15, -0.1) is 11.6 Å². The second-order valence-electron chi connectivity index (χ2n) is 6.70. The molecule has 8 nitrogen and oxygen atoms in total. The largest absolute Gasteiger partial charge is 0.460 e. The number of hydrogen-bond acceptors (Lipinski definition) is 8. The van der Waals surface area contributed by atoms with Crippen molar-refractivity contribution in [1.29, 1.82) is 0 Å². The molecule has 28 heavy (non-hydrogen) atoms. The summed E-state index contributed by atoms with van der Waals surface area (Å²) < 4.78 is 37.1. The van der Waals surface area contributed by atoms with Crippen LogP contribution in [0.2, 0.25) is 0 Å². The summed E-state index contributed by atoms with van der Waals surface area (Å²) >= 11 is 5.48. The average molecular weight is 429 g/mol. The van der Waals surface area contributed by atoms with Crippen molar-refractivity contribution in [3.05, 3.63) is 0 Å². The molecule has 168 valence electrons. The third-order valence-electron chi connectivity index (χ3n) is 2.95. The second kappa shape index (κ2) is 19.8. The summed E-state index contributed by atoms with van der Waals surface area (Å²) in [5, 5.41) is 0. The van der Waals surface area contributed by atoms with Crippen molar-refractivity contribution >= 4 is 17.6 Å². The van der Waals surface area contributed by atoms with Crippen LogP contribution in [0.15, 0.2) is 0 Å². The second-order valence-corrected chi connectivity index (χ2v) is 7.08. The average Bonchev–Trinajstić information content (AvgIpc) is 2.62. The van der Waals surface area contributed by atoms with Crippen molar-refractivity contribution in [1.82, 2.24) is 0 Å². The molecular weight excluding hydrogens is 392 g/mol. The number of carbonyl (C=O) groups excluding carboxylic acids is 1. The van der Waals surface area contributed by atoms with E-state index in [1.54, 1.807) is 0 Å². The zero-order valence-electron chi connectivity index (χ0n) is 17.5. The minimum absolute atomic E-state index is 0.243. The predicted molar refractivity (Wildman–Crippen MR) is 106 cm³/mol. The van der Waals surface area contributed by atoms with Gasteiger partial charge in [0.1, 0.15) is 5.60 Å². The van der Waals surface area contributed by atoms with Crippen LogP contribution in [0.25, 0.3) is 0 Å². The molecule has 0 rings (SSSR count). The van der Waals surface area contributed by atoms with Gasteiger partial charge >= 0.3 is 5.97 Å². The van der Waals surface area contributed by atoms with Crippen molar-refractivity contribution in [3.8, 4) is 0 Å². The van der Waals surface area contributed by atoms with Gasteiger partial charge in [0.2, 0.25) is 0 Å². The van der Waals surface area contributed by atoms with Crippen LogP contribution in [0.1, 0.15) is 27.2 Å². The fourth-order valence-electron chi connectivity index (χ4n) is 1.80. The number of ether oxygens (including phenoxy) is 7. The molecule has 0 aromatic heterocycles. The summed E-state index contributed by atoms with van der Waals surface area (Å²) in [6, 6.07) is 0. The highest BCUT2D eigenvalue weighted by Gasteiger charge is 2.15. The van der Waals surface area contributed by atoms with E-state index in [1.807, 2.05) is 20.8 Å². The monoisotopic (exact) mass is 428 g/mol. The fraction of sp³-hybridized carbons (Fsp3) is 0.947. The van der Waals surface area contributed by atoms with Crippen LogP contribution >= 0.6 is 11.6 Å². The predicted octanol–water partition coefficient (Wildman–Crippen LogP) is 2.06. The highest BCUT2D eigenvalue weighted by atomic mass is 35.5. The Bertz CT molecular complexity index is 349. The minimum atomic E-state index is -0.460. The minimum Gasteiger partial charge on any atom is -0.460 e. The summed E-state index contributed by atoms with van der Waals surface area (Å²) in [6.45, 7) is 11.4. The third kappa shape index (κ3) is 23.6. The smallest absolute Gasteiger partial charge is 0.308 e. The lowest BCUT2D eigenvalue weighted by Gasteiger charge is -2.19. The topological polar surface area (TPSA) is 81.7 Å². The molecule has 9 heteroatoms. The fourth-order valence-corrected chi connectivity index (χ4v) is 1.91. The first kappa shape index (κ1) is 27.5. The Morgan fingerprint density at radius 2 is 0.929 bits per heavy atom. The van der Waals surface area contributed by atoms with Crippen LogP contribution in [0.5, 0.6) is 0 Å². The molecule has 0 N–H and O–H groups in total. The Balaban J connectivity index is 3.11. The Kier molecular flexibility index (Phi) is 19.5. The quantitative estimate of drug-likeness (QED) is 0.165. The maximum Gasteiger partial charge on any atom is 0.308 e. The van der Waals surface area contributed by atoms with Crippen LogP contribution < -0.4 is 0 Å². The third-order valence-corrected chi connectivity index (χ3v) is 3.11. The maximum absolute atomic E-state index is 11.5. The summed E-state index contributed by atoms with van der Waals surface area (Å²) in [5.41, 5.74) is -0.460. The van der Waals surface area contributed by atoms with E-state index in [9.17, 15) is 4.79 Å². The van der Waals surface area contributed by atoms with Gasteiger partial charge in [-0.05, 0) is 20.8 Å². The molecule has 0 fully saturated rings. The van der Waals surface area contributed by atoms with Gasteiger partial charge in [0.05, 0.1) is 85.7 Å². The van der Waals surface area contributed by atoms with E-state index < -0.39 is 5.60 Å². The molecule has 0 heterocycles. The highest BCUT2D eigenvalue weighted by molar-refractivity contribution is 6.17. The molecule has 0 radical (unpaired) electrons. The van der Waals surface area contributed by atoms with E-state index in [4.69, 9.17) is 44.8 Å². The van der Waals surface area contributed by atoms with Crippen molar-refractivity contribution in [2.75, 3.05) is 85.2 Å². The molecule has 0 unspecified atom stereocenters. The lowest BCUT2D eigenvalue weighted by molar-refractivity contribution is -0.156. The first-order valence-corrected chi connectivity index (χ1v) is 10.2. The molecule has 0 saturated carbocycles. The van der Waals surface area contributed by atoms with Gasteiger partial charge in [-0.25, -0.2) is 0 Å². The lowest BCUT2D eigenvalue weighted by atomic mass is 10.2. The Morgan fingerprint density at radius 1 is 0.607 bits per heavy atom. The molecular formula is C19H37ClO8. The Morgan fingerprint density at radius 3 is 1.25 bits per heavy atom. The van der Waals surface area contributed by atoms with Crippen molar-refractivity contribution in [2.24, 2.45) is 0 Å². The molecule has 0 spiro atoms. The number of rotatable bonds is 20. The zero-order chi connectivity index (χ0) is 20.9. The molecule has 0 atom stereocenters. The number of esters is 1. The SMILES string of the molecule is CC(C)(C)OC(=O)CCOCCOCCOCCOCCOCCOCCCl. The van der Waals surface area contributed by atoms with Gasteiger partial charge < -0.3 is 33.2 Å². The highest BCUT2D eigenvalue weighted by Crippen LogP contribution is 2.07. The van der Waals surface area contributed by atoms with Crippen molar-refractivity contribution in [3.63, 3.8) is 0 Å². The van der Waals surface area contributed by atoms with E-state index in [1.165, 1.54) is 0 Å². The zero-order valence-corrected chi connectivity index (χ0v) is 18.3. The Hall–Kier alpha value is -0.480. The normalized spacial score (nSPS) is 11.7. The van der Waals surface area contributed by atoms with Crippen LogP contribution in [0, 0.1) is 0 Å². The Labute approximate surface area is 174 Å². The van der Waals surface area contributed by atoms with Crippen molar-refractivity contribution < 1.29 is 38.0 Å². The van der Waals surface area contributed by atoms with E-state index >= 15 is 0 Å².